The van der Waals surface area contributed by atoms with Crippen LogP contribution in [0.3, 0.4) is 0 Å². The summed E-state index contributed by atoms with van der Waals surface area (Å²) in [5.74, 6) is 0.195. The summed E-state index contributed by atoms with van der Waals surface area (Å²) in [5.41, 5.74) is 1.83. The average Bonchev–Trinajstić information content (AvgIpc) is 2.54. The fraction of sp³-hybridized carbons (Fsp3) is 0.733. The van der Waals surface area contributed by atoms with Crippen molar-refractivity contribution in [3.63, 3.8) is 0 Å². The molecule has 18 heavy (non-hydrogen) atoms. The van der Waals surface area contributed by atoms with Gasteiger partial charge in [-0.3, -0.25) is 9.59 Å². The van der Waals surface area contributed by atoms with Gasteiger partial charge in [-0.05, 0) is 57.9 Å². The van der Waals surface area contributed by atoms with E-state index in [2.05, 4.69) is 0 Å². The van der Waals surface area contributed by atoms with E-state index in [4.69, 9.17) is 4.74 Å². The quantitative estimate of drug-likeness (QED) is 0.707. The number of hydrogen-bond acceptors (Lipinski definition) is 3. The fourth-order valence-corrected chi connectivity index (χ4v) is 2.95. The zero-order valence-electron chi connectivity index (χ0n) is 11.5. The summed E-state index contributed by atoms with van der Waals surface area (Å²) in [7, 11) is 0. The van der Waals surface area contributed by atoms with E-state index >= 15 is 0 Å². The van der Waals surface area contributed by atoms with Crippen LogP contribution >= 0.6 is 0 Å². The molecule has 0 heterocycles. The van der Waals surface area contributed by atoms with Crippen molar-refractivity contribution in [3.8, 4) is 0 Å². The molecule has 0 saturated carbocycles. The Labute approximate surface area is 109 Å². The van der Waals surface area contributed by atoms with Gasteiger partial charge in [0.2, 0.25) is 0 Å². The van der Waals surface area contributed by atoms with Gasteiger partial charge < -0.3 is 4.74 Å². The lowest BCUT2D eigenvalue weighted by Crippen LogP contribution is -2.25. The van der Waals surface area contributed by atoms with Crippen molar-refractivity contribution >= 4 is 11.8 Å². The van der Waals surface area contributed by atoms with E-state index in [1.54, 1.807) is 0 Å². The third kappa shape index (κ3) is 3.01. The molecule has 0 aromatic carbocycles. The highest BCUT2D eigenvalue weighted by Gasteiger charge is 2.35. The first-order chi connectivity index (χ1) is 8.37. The SMILES string of the molecule is CC(C)(C)OC(=O)CC1CC(=O)C2=C1CCCC2. The van der Waals surface area contributed by atoms with Gasteiger partial charge in [-0.25, -0.2) is 0 Å². The van der Waals surface area contributed by atoms with E-state index in [1.807, 2.05) is 20.8 Å². The number of rotatable bonds is 2. The summed E-state index contributed by atoms with van der Waals surface area (Å²) < 4.78 is 5.34. The van der Waals surface area contributed by atoms with E-state index in [-0.39, 0.29) is 17.7 Å². The number of ketones is 1. The highest BCUT2D eigenvalue weighted by Crippen LogP contribution is 2.40. The summed E-state index contributed by atoms with van der Waals surface area (Å²) in [6.07, 6.45) is 5.06. The van der Waals surface area contributed by atoms with Crippen molar-refractivity contribution in [1.29, 1.82) is 0 Å². The van der Waals surface area contributed by atoms with Crippen LogP contribution in [-0.2, 0) is 14.3 Å². The Morgan fingerprint density at radius 2 is 1.94 bits per heavy atom. The third-order valence-corrected chi connectivity index (χ3v) is 3.60. The van der Waals surface area contributed by atoms with Gasteiger partial charge in [0, 0.05) is 6.42 Å². The molecule has 0 radical (unpaired) electrons. The van der Waals surface area contributed by atoms with Gasteiger partial charge in [0.15, 0.2) is 5.78 Å². The largest absolute Gasteiger partial charge is 0.460 e. The van der Waals surface area contributed by atoms with Crippen LogP contribution < -0.4 is 0 Å². The average molecular weight is 250 g/mol. The number of ether oxygens (including phenoxy) is 1. The second-order valence-electron chi connectivity index (χ2n) is 6.33. The van der Waals surface area contributed by atoms with E-state index in [0.717, 1.165) is 31.3 Å². The minimum Gasteiger partial charge on any atom is -0.460 e. The molecule has 0 N–H and O–H groups in total. The van der Waals surface area contributed by atoms with Gasteiger partial charge in [0.05, 0.1) is 6.42 Å². The molecule has 0 saturated heterocycles. The highest BCUT2D eigenvalue weighted by molar-refractivity contribution is 5.99. The number of carbonyl (C=O) groups excluding carboxylic acids is 2. The van der Waals surface area contributed by atoms with E-state index in [9.17, 15) is 9.59 Å². The van der Waals surface area contributed by atoms with Crippen molar-refractivity contribution in [3.05, 3.63) is 11.1 Å². The Bertz CT molecular complexity index is 398. The number of Topliss-reactive ketones (excluding diaryl/α,β-unsaturated/α-hetero) is 1. The van der Waals surface area contributed by atoms with Crippen LogP contribution in [0.5, 0.6) is 0 Å². The monoisotopic (exact) mass is 250 g/mol. The maximum absolute atomic E-state index is 11.9. The minimum atomic E-state index is -0.441. The van der Waals surface area contributed by atoms with Crippen molar-refractivity contribution in [2.45, 2.75) is 64.9 Å². The van der Waals surface area contributed by atoms with Gasteiger partial charge in [0.25, 0.3) is 0 Å². The Balaban J connectivity index is 2.01. The first-order valence-electron chi connectivity index (χ1n) is 6.84. The lowest BCUT2D eigenvalue weighted by atomic mass is 9.88. The second-order valence-corrected chi connectivity index (χ2v) is 6.33. The highest BCUT2D eigenvalue weighted by atomic mass is 16.6. The number of hydrogen-bond donors (Lipinski definition) is 0. The van der Waals surface area contributed by atoms with Gasteiger partial charge in [-0.2, -0.15) is 0 Å². The van der Waals surface area contributed by atoms with Crippen LogP contribution in [0.25, 0.3) is 0 Å². The molecule has 3 heteroatoms. The van der Waals surface area contributed by atoms with Crippen LogP contribution in [0.4, 0.5) is 0 Å². The molecule has 3 nitrogen and oxygen atoms in total. The summed E-state index contributed by atoms with van der Waals surface area (Å²) in [6, 6.07) is 0. The number of allylic oxidation sites excluding steroid dienone is 2. The Morgan fingerprint density at radius 3 is 2.61 bits per heavy atom. The summed E-state index contributed by atoms with van der Waals surface area (Å²) in [6.45, 7) is 5.61. The van der Waals surface area contributed by atoms with Crippen molar-refractivity contribution < 1.29 is 14.3 Å². The first-order valence-corrected chi connectivity index (χ1v) is 6.84. The maximum atomic E-state index is 11.9. The number of carbonyl (C=O) groups is 2. The Morgan fingerprint density at radius 1 is 1.28 bits per heavy atom. The van der Waals surface area contributed by atoms with Crippen LogP contribution in [-0.4, -0.2) is 17.4 Å². The molecular formula is C15H22O3. The Kier molecular flexibility index (Phi) is 3.60. The van der Waals surface area contributed by atoms with Crippen LogP contribution in [0, 0.1) is 5.92 Å². The van der Waals surface area contributed by atoms with E-state index in [1.165, 1.54) is 5.57 Å². The molecule has 0 fully saturated rings. The van der Waals surface area contributed by atoms with Crippen LogP contribution in [0.15, 0.2) is 11.1 Å². The standard InChI is InChI=1S/C15H22O3/c1-15(2,3)18-14(17)9-10-8-13(16)12-7-5-4-6-11(10)12/h10H,4-9H2,1-3H3. The molecule has 2 aliphatic carbocycles. The molecular weight excluding hydrogens is 228 g/mol. The lowest BCUT2D eigenvalue weighted by molar-refractivity contribution is -0.155. The van der Waals surface area contributed by atoms with Gasteiger partial charge in [-0.15, -0.1) is 0 Å². The van der Waals surface area contributed by atoms with Crippen molar-refractivity contribution in [2.24, 2.45) is 5.92 Å². The molecule has 0 aromatic rings. The fourth-order valence-electron chi connectivity index (χ4n) is 2.95. The molecule has 0 aromatic heterocycles. The van der Waals surface area contributed by atoms with Crippen molar-refractivity contribution in [1.82, 2.24) is 0 Å². The molecule has 1 atom stereocenters. The summed E-state index contributed by atoms with van der Waals surface area (Å²) >= 11 is 0. The van der Waals surface area contributed by atoms with Crippen LogP contribution in [0.1, 0.15) is 59.3 Å². The molecule has 1 unspecified atom stereocenters. The molecule has 100 valence electrons. The molecule has 0 bridgehead atoms. The summed E-state index contributed by atoms with van der Waals surface area (Å²) in [5, 5.41) is 0. The predicted octanol–water partition coefficient (Wildman–Crippen LogP) is 3.18. The maximum Gasteiger partial charge on any atom is 0.306 e. The number of esters is 1. The van der Waals surface area contributed by atoms with Gasteiger partial charge in [0.1, 0.15) is 5.60 Å². The molecule has 0 aliphatic heterocycles. The molecule has 0 spiro atoms. The second kappa shape index (κ2) is 4.87. The predicted molar refractivity (Wildman–Crippen MR) is 69.1 cm³/mol. The molecule has 2 aliphatic rings. The van der Waals surface area contributed by atoms with Crippen LogP contribution in [0.2, 0.25) is 0 Å². The minimum absolute atomic E-state index is 0.114. The van der Waals surface area contributed by atoms with Gasteiger partial charge >= 0.3 is 5.97 Å². The lowest BCUT2D eigenvalue weighted by Gasteiger charge is -2.22. The zero-order chi connectivity index (χ0) is 13.3. The van der Waals surface area contributed by atoms with E-state index < -0.39 is 5.60 Å². The topological polar surface area (TPSA) is 43.4 Å². The third-order valence-electron chi connectivity index (χ3n) is 3.60. The Hall–Kier alpha value is -1.12. The van der Waals surface area contributed by atoms with Crippen molar-refractivity contribution in [2.75, 3.05) is 0 Å². The zero-order valence-corrected chi connectivity index (χ0v) is 11.5. The van der Waals surface area contributed by atoms with Gasteiger partial charge in [-0.1, -0.05) is 5.57 Å². The molecule has 0 amide bonds. The molecule has 2 rings (SSSR count). The van der Waals surface area contributed by atoms with E-state index in [0.29, 0.717) is 12.8 Å². The first kappa shape index (κ1) is 13.3. The summed E-state index contributed by atoms with van der Waals surface area (Å²) in [4.78, 5) is 23.7. The normalized spacial score (nSPS) is 24.2. The smallest absolute Gasteiger partial charge is 0.306 e.